The van der Waals surface area contributed by atoms with Crippen LogP contribution in [0.15, 0.2) is 24.4 Å². The molecule has 4 heterocycles. The van der Waals surface area contributed by atoms with Crippen LogP contribution in [-0.2, 0) is 11.3 Å². The van der Waals surface area contributed by atoms with Crippen LogP contribution in [0.2, 0.25) is 0 Å². The lowest BCUT2D eigenvalue weighted by molar-refractivity contribution is -0.136. The minimum absolute atomic E-state index is 0.115. The Kier molecular flexibility index (Phi) is 5.06. The Morgan fingerprint density at radius 3 is 2.71 bits per heavy atom. The predicted octanol–water partition coefficient (Wildman–Crippen LogP) is 2.35. The number of hydrogen-bond donors (Lipinski definition) is 0. The van der Waals surface area contributed by atoms with Gasteiger partial charge in [-0.25, -0.2) is 0 Å². The van der Waals surface area contributed by atoms with E-state index in [1.54, 1.807) is 0 Å². The molecule has 0 aromatic carbocycles. The van der Waals surface area contributed by atoms with E-state index >= 15 is 0 Å². The number of thioether (sulfide) groups is 2. The van der Waals surface area contributed by atoms with Gasteiger partial charge in [-0.2, -0.15) is 23.5 Å². The summed E-state index contributed by atoms with van der Waals surface area (Å²) in [6, 6.07) is 6.59. The number of carbonyl (C=O) groups is 1. The maximum absolute atomic E-state index is 13.1. The fraction of sp³-hybridized carbons (Fsp3) is 0.667. The summed E-state index contributed by atoms with van der Waals surface area (Å²) in [7, 11) is 0. The van der Waals surface area contributed by atoms with Crippen molar-refractivity contribution in [2.45, 2.75) is 25.4 Å². The first-order valence-electron chi connectivity index (χ1n) is 8.86. The van der Waals surface area contributed by atoms with Gasteiger partial charge in [-0.15, -0.1) is 0 Å². The molecular formula is C18H25N3OS2. The maximum atomic E-state index is 13.1. The lowest BCUT2D eigenvalue weighted by Crippen LogP contribution is -2.41. The third-order valence-corrected chi connectivity index (χ3v) is 8.06. The lowest BCUT2D eigenvalue weighted by Gasteiger charge is -2.28. The van der Waals surface area contributed by atoms with Crippen molar-refractivity contribution in [3.63, 3.8) is 0 Å². The minimum atomic E-state index is -0.115. The zero-order chi connectivity index (χ0) is 16.4. The van der Waals surface area contributed by atoms with E-state index in [1.807, 2.05) is 29.3 Å². The van der Waals surface area contributed by atoms with Crippen molar-refractivity contribution in [1.29, 1.82) is 0 Å². The van der Waals surface area contributed by atoms with Gasteiger partial charge in [0.05, 0.1) is 17.7 Å². The number of hydrogen-bond acceptors (Lipinski definition) is 5. The molecule has 3 saturated heterocycles. The first kappa shape index (κ1) is 16.7. The van der Waals surface area contributed by atoms with Crippen LogP contribution in [0.4, 0.5) is 0 Å². The highest BCUT2D eigenvalue weighted by atomic mass is 32.2. The second-order valence-corrected chi connectivity index (χ2v) is 9.40. The highest BCUT2D eigenvalue weighted by molar-refractivity contribution is 8.03. The molecule has 6 heteroatoms. The summed E-state index contributed by atoms with van der Waals surface area (Å²) in [6.07, 6.45) is 3.86. The van der Waals surface area contributed by atoms with Crippen molar-refractivity contribution in [2.75, 3.05) is 42.6 Å². The molecule has 130 valence electrons. The maximum Gasteiger partial charge on any atom is 0.230 e. The zero-order valence-electron chi connectivity index (χ0n) is 14.0. The summed E-state index contributed by atoms with van der Waals surface area (Å²) < 4.78 is 0. The van der Waals surface area contributed by atoms with Crippen LogP contribution in [0.25, 0.3) is 0 Å². The lowest BCUT2D eigenvalue weighted by atomic mass is 9.85. The van der Waals surface area contributed by atoms with Gasteiger partial charge in [-0.05, 0) is 31.5 Å². The van der Waals surface area contributed by atoms with Crippen molar-refractivity contribution < 1.29 is 4.79 Å². The molecule has 4 rings (SSSR count). The fourth-order valence-electron chi connectivity index (χ4n) is 4.14. The fourth-order valence-corrected chi connectivity index (χ4v) is 6.77. The van der Waals surface area contributed by atoms with Gasteiger partial charge in [-0.3, -0.25) is 14.7 Å². The molecule has 0 aliphatic carbocycles. The van der Waals surface area contributed by atoms with E-state index in [0.29, 0.717) is 18.5 Å². The summed E-state index contributed by atoms with van der Waals surface area (Å²) >= 11 is 4.16. The first-order valence-corrected chi connectivity index (χ1v) is 11.2. The van der Waals surface area contributed by atoms with Crippen molar-refractivity contribution in [2.24, 2.45) is 5.41 Å². The molecule has 1 unspecified atom stereocenters. The van der Waals surface area contributed by atoms with Crippen molar-refractivity contribution >= 4 is 29.4 Å². The molecule has 1 aromatic rings. The topological polar surface area (TPSA) is 36.4 Å². The SMILES string of the molecule is O=C1N(Cc2ccccn2)CCC12CCN(C1CSCCSC1)C2. The van der Waals surface area contributed by atoms with Crippen LogP contribution in [0, 0.1) is 5.41 Å². The summed E-state index contributed by atoms with van der Waals surface area (Å²) in [6.45, 7) is 3.61. The highest BCUT2D eigenvalue weighted by Crippen LogP contribution is 2.42. The Morgan fingerprint density at radius 1 is 1.17 bits per heavy atom. The quantitative estimate of drug-likeness (QED) is 0.824. The Balaban J connectivity index is 1.40. The Hall–Kier alpha value is -0.720. The average Bonchev–Trinajstić information content (AvgIpc) is 3.04. The molecule has 1 aromatic heterocycles. The highest BCUT2D eigenvalue weighted by Gasteiger charge is 2.51. The monoisotopic (exact) mass is 363 g/mol. The molecule has 0 radical (unpaired) electrons. The van der Waals surface area contributed by atoms with Crippen LogP contribution < -0.4 is 0 Å². The third kappa shape index (κ3) is 3.33. The van der Waals surface area contributed by atoms with Gasteiger partial charge in [0.1, 0.15) is 0 Å². The van der Waals surface area contributed by atoms with Gasteiger partial charge < -0.3 is 4.90 Å². The Labute approximate surface area is 152 Å². The van der Waals surface area contributed by atoms with E-state index in [1.165, 1.54) is 23.0 Å². The summed E-state index contributed by atoms with van der Waals surface area (Å²) in [5.41, 5.74) is 0.880. The van der Waals surface area contributed by atoms with E-state index in [0.717, 1.165) is 38.2 Å². The van der Waals surface area contributed by atoms with Gasteiger partial charge in [0, 0.05) is 48.3 Å². The third-order valence-electron chi connectivity index (χ3n) is 5.57. The van der Waals surface area contributed by atoms with Crippen molar-refractivity contribution in [3.8, 4) is 0 Å². The van der Waals surface area contributed by atoms with Gasteiger partial charge in [0.25, 0.3) is 0 Å². The van der Waals surface area contributed by atoms with Crippen LogP contribution in [0.5, 0.6) is 0 Å². The number of aromatic nitrogens is 1. The molecule has 1 amide bonds. The van der Waals surface area contributed by atoms with Crippen molar-refractivity contribution in [1.82, 2.24) is 14.8 Å². The molecule has 3 aliphatic rings. The van der Waals surface area contributed by atoms with E-state index in [2.05, 4.69) is 33.4 Å². The zero-order valence-corrected chi connectivity index (χ0v) is 15.7. The summed E-state index contributed by atoms with van der Waals surface area (Å²) in [5, 5.41) is 0. The molecule has 0 N–H and O–H groups in total. The first-order chi connectivity index (χ1) is 11.8. The van der Waals surface area contributed by atoms with Crippen LogP contribution in [0.3, 0.4) is 0 Å². The largest absolute Gasteiger partial charge is 0.336 e. The minimum Gasteiger partial charge on any atom is -0.336 e. The number of rotatable bonds is 3. The van der Waals surface area contributed by atoms with E-state index in [9.17, 15) is 4.79 Å². The predicted molar refractivity (Wildman–Crippen MR) is 101 cm³/mol. The molecular weight excluding hydrogens is 338 g/mol. The molecule has 24 heavy (non-hydrogen) atoms. The van der Waals surface area contributed by atoms with Crippen LogP contribution in [0.1, 0.15) is 18.5 Å². The number of carbonyl (C=O) groups excluding carboxylic acids is 1. The molecule has 0 bridgehead atoms. The van der Waals surface area contributed by atoms with Gasteiger partial charge in [-0.1, -0.05) is 6.07 Å². The number of nitrogens with zero attached hydrogens (tertiary/aromatic N) is 3. The normalized spacial score (nSPS) is 29.5. The smallest absolute Gasteiger partial charge is 0.230 e. The summed E-state index contributed by atoms with van der Waals surface area (Å²) in [5.74, 6) is 5.38. The van der Waals surface area contributed by atoms with Crippen LogP contribution >= 0.6 is 23.5 Å². The second-order valence-electron chi connectivity index (χ2n) is 7.10. The van der Waals surface area contributed by atoms with E-state index < -0.39 is 0 Å². The molecule has 3 fully saturated rings. The Bertz CT molecular complexity index is 577. The van der Waals surface area contributed by atoms with Gasteiger partial charge in [0.2, 0.25) is 5.91 Å². The molecule has 1 spiro atoms. The molecule has 1 atom stereocenters. The molecule has 3 aliphatic heterocycles. The van der Waals surface area contributed by atoms with Crippen LogP contribution in [-0.4, -0.2) is 69.4 Å². The Morgan fingerprint density at radius 2 is 1.96 bits per heavy atom. The van der Waals surface area contributed by atoms with E-state index in [-0.39, 0.29) is 5.41 Å². The van der Waals surface area contributed by atoms with Gasteiger partial charge >= 0.3 is 0 Å². The van der Waals surface area contributed by atoms with Crippen molar-refractivity contribution in [3.05, 3.63) is 30.1 Å². The number of pyridine rings is 1. The standard InChI is InChI=1S/C18H25N3OS2/c22-17-18(4-7-20(17)11-15-3-1-2-6-19-15)5-8-21(14-18)16-12-23-9-10-24-13-16/h1-3,6,16H,4-5,7-14H2. The number of likely N-dealkylation sites (tertiary alicyclic amines) is 2. The number of amides is 1. The van der Waals surface area contributed by atoms with E-state index in [4.69, 9.17) is 0 Å². The average molecular weight is 364 g/mol. The second kappa shape index (κ2) is 7.26. The summed E-state index contributed by atoms with van der Waals surface area (Å²) in [4.78, 5) is 22.1. The van der Waals surface area contributed by atoms with Gasteiger partial charge in [0.15, 0.2) is 0 Å². The molecule has 4 nitrogen and oxygen atoms in total. The molecule has 0 saturated carbocycles.